The van der Waals surface area contributed by atoms with Gasteiger partial charge in [-0.05, 0) is 23.6 Å². The standard InChI is InChI=1S/C9H6N2/c1-10-8-2-3-9-7(6-8)4-5-11-9/h2-6,11H. The molecule has 2 aromatic rings. The van der Waals surface area contributed by atoms with Crippen LogP contribution in [-0.2, 0) is 0 Å². The van der Waals surface area contributed by atoms with E-state index in [4.69, 9.17) is 6.57 Å². The van der Waals surface area contributed by atoms with Crippen molar-refractivity contribution in [3.8, 4) is 0 Å². The van der Waals surface area contributed by atoms with Crippen molar-refractivity contribution in [2.75, 3.05) is 0 Å². The lowest BCUT2D eigenvalue weighted by Crippen LogP contribution is -1.64. The predicted octanol–water partition coefficient (Wildman–Crippen LogP) is 2.72. The van der Waals surface area contributed by atoms with E-state index in [2.05, 4.69) is 9.83 Å². The zero-order valence-electron chi connectivity index (χ0n) is 5.83. The fourth-order valence-electron chi connectivity index (χ4n) is 1.11. The van der Waals surface area contributed by atoms with Crippen LogP contribution in [0.4, 0.5) is 5.69 Å². The number of hydrogen-bond donors (Lipinski definition) is 1. The van der Waals surface area contributed by atoms with Crippen LogP contribution in [0.3, 0.4) is 0 Å². The van der Waals surface area contributed by atoms with Gasteiger partial charge in [0, 0.05) is 11.7 Å². The van der Waals surface area contributed by atoms with Crippen LogP contribution in [0.25, 0.3) is 15.7 Å². The number of H-pyrrole nitrogens is 1. The van der Waals surface area contributed by atoms with Gasteiger partial charge in [-0.1, -0.05) is 6.07 Å². The number of rotatable bonds is 0. The molecule has 2 nitrogen and oxygen atoms in total. The smallest absolute Gasteiger partial charge is 0.187 e. The molecule has 0 atom stereocenters. The zero-order valence-corrected chi connectivity index (χ0v) is 5.83. The number of nitrogens with one attached hydrogen (secondary N) is 1. The molecule has 0 aliphatic rings. The third-order valence-electron chi connectivity index (χ3n) is 1.67. The average Bonchev–Trinajstić information content (AvgIpc) is 2.50. The number of fused-ring (bicyclic) bond motifs is 1. The third kappa shape index (κ3) is 0.870. The first-order valence-corrected chi connectivity index (χ1v) is 3.35. The van der Waals surface area contributed by atoms with Gasteiger partial charge in [-0.3, -0.25) is 0 Å². The normalized spacial score (nSPS) is 9.73. The molecule has 2 rings (SSSR count). The Bertz CT molecular complexity index is 420. The number of benzene rings is 1. The van der Waals surface area contributed by atoms with Gasteiger partial charge in [-0.25, -0.2) is 4.85 Å². The molecule has 11 heavy (non-hydrogen) atoms. The van der Waals surface area contributed by atoms with Gasteiger partial charge in [-0.15, -0.1) is 0 Å². The highest BCUT2D eigenvalue weighted by molar-refractivity contribution is 5.83. The van der Waals surface area contributed by atoms with Crippen molar-refractivity contribution < 1.29 is 0 Å². The molecule has 0 aliphatic carbocycles. The molecule has 1 aromatic heterocycles. The van der Waals surface area contributed by atoms with Gasteiger partial charge in [0.05, 0.1) is 6.57 Å². The Balaban J connectivity index is 2.79. The van der Waals surface area contributed by atoms with Gasteiger partial charge in [0.15, 0.2) is 5.69 Å². The van der Waals surface area contributed by atoms with Crippen LogP contribution < -0.4 is 0 Å². The molecule has 0 aliphatic heterocycles. The van der Waals surface area contributed by atoms with Gasteiger partial charge in [0.25, 0.3) is 0 Å². The summed E-state index contributed by atoms with van der Waals surface area (Å²) < 4.78 is 0. The van der Waals surface area contributed by atoms with Crippen molar-refractivity contribution in [1.29, 1.82) is 0 Å². The van der Waals surface area contributed by atoms with Crippen LogP contribution >= 0.6 is 0 Å². The van der Waals surface area contributed by atoms with Crippen molar-refractivity contribution in [2.24, 2.45) is 0 Å². The summed E-state index contributed by atoms with van der Waals surface area (Å²) in [5, 5.41) is 1.10. The summed E-state index contributed by atoms with van der Waals surface area (Å²) in [5.41, 5.74) is 1.77. The van der Waals surface area contributed by atoms with Gasteiger partial charge < -0.3 is 4.98 Å². The number of aromatic nitrogens is 1. The second kappa shape index (κ2) is 2.14. The lowest BCUT2D eigenvalue weighted by molar-refractivity contribution is 1.48. The monoisotopic (exact) mass is 142 g/mol. The molecule has 52 valence electrons. The van der Waals surface area contributed by atoms with E-state index < -0.39 is 0 Å². The maximum absolute atomic E-state index is 6.79. The van der Waals surface area contributed by atoms with Crippen LogP contribution in [-0.4, -0.2) is 4.98 Å². The van der Waals surface area contributed by atoms with Crippen molar-refractivity contribution in [2.45, 2.75) is 0 Å². The number of hydrogen-bond acceptors (Lipinski definition) is 0. The maximum Gasteiger partial charge on any atom is 0.187 e. The van der Waals surface area contributed by atoms with Crippen LogP contribution in [0.1, 0.15) is 0 Å². The second-order valence-electron chi connectivity index (χ2n) is 2.36. The quantitative estimate of drug-likeness (QED) is 0.546. The fraction of sp³-hybridized carbons (Fsp3) is 0. The van der Waals surface area contributed by atoms with E-state index in [1.54, 1.807) is 0 Å². The number of aromatic amines is 1. The van der Waals surface area contributed by atoms with E-state index in [0.717, 1.165) is 10.9 Å². The highest BCUT2D eigenvalue weighted by atomic mass is 14.7. The average molecular weight is 142 g/mol. The van der Waals surface area contributed by atoms with E-state index in [-0.39, 0.29) is 0 Å². The van der Waals surface area contributed by atoms with Crippen molar-refractivity contribution in [3.63, 3.8) is 0 Å². The molecule has 0 saturated heterocycles. The molecule has 1 N–H and O–H groups in total. The molecule has 1 aromatic carbocycles. The van der Waals surface area contributed by atoms with E-state index >= 15 is 0 Å². The summed E-state index contributed by atoms with van der Waals surface area (Å²) in [6.07, 6.45) is 1.87. The first-order chi connectivity index (χ1) is 5.40. The molecule has 0 saturated carbocycles. The van der Waals surface area contributed by atoms with Crippen LogP contribution in [0.2, 0.25) is 0 Å². The molecule has 2 heteroatoms. The minimum atomic E-state index is 0.692. The Hall–Kier alpha value is -1.75. The molecule has 0 bridgehead atoms. The summed E-state index contributed by atoms with van der Waals surface area (Å²) in [4.78, 5) is 6.40. The Morgan fingerprint density at radius 3 is 3.00 bits per heavy atom. The van der Waals surface area contributed by atoms with Gasteiger partial charge in [0.2, 0.25) is 0 Å². The summed E-state index contributed by atoms with van der Waals surface area (Å²) in [5.74, 6) is 0. The Labute approximate surface area is 64.3 Å². The molecular formula is C9H6N2. The minimum Gasteiger partial charge on any atom is -0.361 e. The molecule has 0 spiro atoms. The van der Waals surface area contributed by atoms with Gasteiger partial charge in [0.1, 0.15) is 0 Å². The summed E-state index contributed by atoms with van der Waals surface area (Å²) in [6.45, 7) is 6.79. The summed E-state index contributed by atoms with van der Waals surface area (Å²) >= 11 is 0. The number of nitrogens with zero attached hydrogens (tertiary/aromatic N) is 1. The second-order valence-corrected chi connectivity index (χ2v) is 2.36. The maximum atomic E-state index is 6.79. The predicted molar refractivity (Wildman–Crippen MR) is 44.6 cm³/mol. The fourth-order valence-corrected chi connectivity index (χ4v) is 1.11. The largest absolute Gasteiger partial charge is 0.361 e. The van der Waals surface area contributed by atoms with Crippen molar-refractivity contribution >= 4 is 16.6 Å². The molecular weight excluding hydrogens is 136 g/mol. The lowest BCUT2D eigenvalue weighted by Gasteiger charge is -1.88. The van der Waals surface area contributed by atoms with E-state index in [1.165, 1.54) is 0 Å². The van der Waals surface area contributed by atoms with Crippen molar-refractivity contribution in [1.82, 2.24) is 4.98 Å². The Morgan fingerprint density at radius 1 is 1.27 bits per heavy atom. The minimum absolute atomic E-state index is 0.692. The molecule has 0 amide bonds. The lowest BCUT2D eigenvalue weighted by atomic mass is 10.2. The zero-order chi connectivity index (χ0) is 7.68. The summed E-state index contributed by atoms with van der Waals surface area (Å²) in [6, 6.07) is 7.57. The third-order valence-corrected chi connectivity index (χ3v) is 1.67. The highest BCUT2D eigenvalue weighted by Crippen LogP contribution is 2.19. The molecule has 1 heterocycles. The summed E-state index contributed by atoms with van der Waals surface area (Å²) in [7, 11) is 0. The van der Waals surface area contributed by atoms with Crippen LogP contribution in [0.15, 0.2) is 30.5 Å². The van der Waals surface area contributed by atoms with E-state index in [9.17, 15) is 0 Å². The van der Waals surface area contributed by atoms with E-state index in [1.807, 2.05) is 30.5 Å². The van der Waals surface area contributed by atoms with Crippen LogP contribution in [0, 0.1) is 6.57 Å². The topological polar surface area (TPSA) is 20.1 Å². The molecule has 0 radical (unpaired) electrons. The first kappa shape index (κ1) is 5.99. The van der Waals surface area contributed by atoms with Crippen molar-refractivity contribution in [3.05, 3.63) is 41.9 Å². The Kier molecular flexibility index (Phi) is 1.16. The van der Waals surface area contributed by atoms with Gasteiger partial charge in [-0.2, -0.15) is 0 Å². The Morgan fingerprint density at radius 2 is 2.18 bits per heavy atom. The van der Waals surface area contributed by atoms with Gasteiger partial charge >= 0.3 is 0 Å². The van der Waals surface area contributed by atoms with E-state index in [0.29, 0.717) is 5.69 Å². The first-order valence-electron chi connectivity index (χ1n) is 3.35. The van der Waals surface area contributed by atoms with Crippen LogP contribution in [0.5, 0.6) is 0 Å². The highest BCUT2D eigenvalue weighted by Gasteiger charge is 1.94. The molecule has 0 fully saturated rings. The molecule has 0 unspecified atom stereocenters. The SMILES string of the molecule is [C-]#[N+]c1ccc2[nH]ccc2c1.